The van der Waals surface area contributed by atoms with Gasteiger partial charge in [-0.05, 0) is 73.1 Å². The van der Waals surface area contributed by atoms with Gasteiger partial charge in [-0.15, -0.1) is 23.2 Å². The number of carbonyl (C=O) groups excluding carboxylic acids is 3. The minimum absolute atomic E-state index is 0.0325. The summed E-state index contributed by atoms with van der Waals surface area (Å²) in [5, 5.41) is 5.44. The molecule has 0 aliphatic heterocycles. The first-order valence-electron chi connectivity index (χ1n) is 13.2. The highest BCUT2D eigenvalue weighted by molar-refractivity contribution is 7.92. The maximum Gasteiger partial charge on any atom is 0.419 e. The summed E-state index contributed by atoms with van der Waals surface area (Å²) in [5.41, 5.74) is -3.44. The van der Waals surface area contributed by atoms with E-state index in [-0.39, 0.29) is 27.6 Å². The molecule has 2 unspecified atom stereocenters. The third kappa shape index (κ3) is 7.36. The lowest BCUT2D eigenvalue weighted by Crippen LogP contribution is -2.34. The number of hydrogen-bond donors (Lipinski definition) is 3. The van der Waals surface area contributed by atoms with Gasteiger partial charge in [-0.3, -0.25) is 14.4 Å². The standard InChI is InChI=1S/C29H22Cl3F6N3O4S/c1-3-46(45)12(2)25(42)41-24-19(34)8-9-20(23(24)35)40-26(43)15-11-14(5-6-17(15)30)39-27(44)22-21(28(22,31)32)13-4-7-18(33)16(10-13)29(36,37)38/h4-12,21-22H,3H2,1-2H3,(H,39,44)(H,40,43)(H,41,42)/t12?,21-,22+,46?/m0/s1. The van der Waals surface area contributed by atoms with Crippen LogP contribution >= 0.6 is 34.8 Å². The molecule has 0 saturated heterocycles. The third-order valence-electron chi connectivity index (χ3n) is 7.11. The van der Waals surface area contributed by atoms with Crippen LogP contribution in [0.5, 0.6) is 0 Å². The van der Waals surface area contributed by atoms with Crippen molar-refractivity contribution in [1.82, 2.24) is 0 Å². The fourth-order valence-electron chi connectivity index (χ4n) is 4.57. The largest absolute Gasteiger partial charge is 0.616 e. The molecule has 3 aromatic carbocycles. The first-order chi connectivity index (χ1) is 21.4. The van der Waals surface area contributed by atoms with Gasteiger partial charge in [0.25, 0.3) is 11.8 Å². The normalized spacial score (nSPS) is 18.3. The summed E-state index contributed by atoms with van der Waals surface area (Å²) in [6.45, 7) is 2.89. The van der Waals surface area contributed by atoms with E-state index in [0.717, 1.165) is 24.3 Å². The number of benzene rings is 3. The fraction of sp³-hybridized carbons (Fsp3) is 0.276. The summed E-state index contributed by atoms with van der Waals surface area (Å²) >= 11 is 17.0. The van der Waals surface area contributed by atoms with Crippen molar-refractivity contribution in [2.75, 3.05) is 21.7 Å². The minimum atomic E-state index is -5.00. The lowest BCUT2D eigenvalue weighted by atomic mass is 10.0. The van der Waals surface area contributed by atoms with Crippen molar-refractivity contribution in [3.63, 3.8) is 0 Å². The monoisotopic (exact) mass is 727 g/mol. The number of carbonyl (C=O) groups is 3. The van der Waals surface area contributed by atoms with Crippen molar-refractivity contribution in [3.05, 3.63) is 87.7 Å². The van der Waals surface area contributed by atoms with E-state index in [4.69, 9.17) is 34.8 Å². The van der Waals surface area contributed by atoms with Crippen LogP contribution < -0.4 is 16.0 Å². The molecule has 0 heterocycles. The molecule has 246 valence electrons. The predicted molar refractivity (Wildman–Crippen MR) is 163 cm³/mol. The first kappa shape index (κ1) is 35.7. The molecule has 0 bridgehead atoms. The van der Waals surface area contributed by atoms with Gasteiger partial charge in [-0.2, -0.15) is 13.2 Å². The number of hydrogen-bond acceptors (Lipinski definition) is 4. The molecular weight excluding hydrogens is 707 g/mol. The lowest BCUT2D eigenvalue weighted by Gasteiger charge is -2.17. The number of alkyl halides is 5. The van der Waals surface area contributed by atoms with Gasteiger partial charge in [0.05, 0.1) is 27.8 Å². The van der Waals surface area contributed by atoms with Crippen LogP contribution in [0.3, 0.4) is 0 Å². The van der Waals surface area contributed by atoms with Crippen LogP contribution in [0.4, 0.5) is 43.4 Å². The van der Waals surface area contributed by atoms with Crippen molar-refractivity contribution in [3.8, 4) is 0 Å². The van der Waals surface area contributed by atoms with Gasteiger partial charge in [0, 0.05) is 11.6 Å². The van der Waals surface area contributed by atoms with Gasteiger partial charge in [0.2, 0.25) is 5.91 Å². The highest BCUT2D eigenvalue weighted by Gasteiger charge is 2.67. The van der Waals surface area contributed by atoms with Gasteiger partial charge in [0.1, 0.15) is 27.4 Å². The summed E-state index contributed by atoms with van der Waals surface area (Å²) in [5.74, 6) is -9.05. The van der Waals surface area contributed by atoms with Crippen molar-refractivity contribution >= 4 is 80.8 Å². The topological polar surface area (TPSA) is 110 Å². The minimum Gasteiger partial charge on any atom is -0.616 e. The number of halogens is 9. The third-order valence-corrected chi connectivity index (χ3v) is 9.95. The van der Waals surface area contributed by atoms with E-state index in [1.54, 1.807) is 6.92 Å². The molecule has 7 nitrogen and oxygen atoms in total. The maximum atomic E-state index is 15.2. The Morgan fingerprint density at radius 3 is 2.26 bits per heavy atom. The molecular formula is C29H22Cl3F6N3O4S. The molecule has 4 atom stereocenters. The molecule has 4 rings (SSSR count). The zero-order chi connectivity index (χ0) is 34.3. The Balaban J connectivity index is 1.51. The molecule has 1 saturated carbocycles. The van der Waals surface area contributed by atoms with Crippen molar-refractivity contribution in [2.45, 2.75) is 35.5 Å². The van der Waals surface area contributed by atoms with E-state index in [2.05, 4.69) is 10.6 Å². The smallest absolute Gasteiger partial charge is 0.419 e. The molecule has 0 aromatic heterocycles. The van der Waals surface area contributed by atoms with Crippen LogP contribution in [0.1, 0.15) is 41.3 Å². The molecule has 1 aliphatic rings. The second-order valence-corrected chi connectivity index (χ2v) is 14.0. The van der Waals surface area contributed by atoms with Gasteiger partial charge in [-0.25, -0.2) is 13.2 Å². The van der Waals surface area contributed by atoms with Gasteiger partial charge >= 0.3 is 6.18 Å². The van der Waals surface area contributed by atoms with E-state index >= 15 is 4.39 Å². The number of rotatable bonds is 9. The molecule has 0 spiro atoms. The van der Waals surface area contributed by atoms with E-state index in [1.165, 1.54) is 19.1 Å². The Morgan fingerprint density at radius 1 is 0.978 bits per heavy atom. The second kappa shape index (κ2) is 13.5. The van der Waals surface area contributed by atoms with E-state index in [1.807, 2.05) is 5.32 Å². The first-order valence-corrected chi connectivity index (χ1v) is 15.7. The Labute approximate surface area is 276 Å². The average Bonchev–Trinajstić information content (AvgIpc) is 3.57. The zero-order valence-corrected chi connectivity index (χ0v) is 26.6. The van der Waals surface area contributed by atoms with Crippen LogP contribution in [0.2, 0.25) is 5.02 Å². The highest BCUT2D eigenvalue weighted by Crippen LogP contribution is 2.65. The highest BCUT2D eigenvalue weighted by atomic mass is 35.5. The van der Waals surface area contributed by atoms with Crippen molar-refractivity contribution in [2.24, 2.45) is 5.92 Å². The Bertz CT molecular complexity index is 1710. The molecule has 46 heavy (non-hydrogen) atoms. The van der Waals surface area contributed by atoms with Crippen LogP contribution in [0, 0.1) is 23.4 Å². The van der Waals surface area contributed by atoms with Crippen LogP contribution in [-0.4, -0.2) is 37.6 Å². The van der Waals surface area contributed by atoms with E-state index in [9.17, 15) is 40.9 Å². The van der Waals surface area contributed by atoms with Crippen LogP contribution in [-0.2, 0) is 26.9 Å². The number of nitrogens with one attached hydrogen (secondary N) is 3. The summed E-state index contributed by atoms with van der Waals surface area (Å²) in [7, 11) is 0. The Hall–Kier alpha value is -3.17. The summed E-state index contributed by atoms with van der Waals surface area (Å²) < 4.78 is 93.0. The molecule has 1 aliphatic carbocycles. The summed E-state index contributed by atoms with van der Waals surface area (Å²) in [4.78, 5) is 38.4. The lowest BCUT2D eigenvalue weighted by molar-refractivity contribution is -0.140. The fourth-order valence-corrected chi connectivity index (χ4v) is 6.40. The molecule has 1 fully saturated rings. The average molecular weight is 729 g/mol. The molecule has 3 amide bonds. The zero-order valence-electron chi connectivity index (χ0n) is 23.5. The molecule has 0 radical (unpaired) electrons. The van der Waals surface area contributed by atoms with Gasteiger partial charge in [0.15, 0.2) is 11.1 Å². The molecule has 3 aromatic rings. The number of anilines is 3. The second-order valence-electron chi connectivity index (χ2n) is 10.1. The van der Waals surface area contributed by atoms with Crippen molar-refractivity contribution in [1.29, 1.82) is 0 Å². The molecule has 3 N–H and O–H groups in total. The summed E-state index contributed by atoms with van der Waals surface area (Å²) in [6, 6.07) is 7.41. The van der Waals surface area contributed by atoms with Gasteiger partial charge in [-0.1, -0.05) is 17.7 Å². The predicted octanol–water partition coefficient (Wildman–Crippen LogP) is 7.65. The van der Waals surface area contributed by atoms with Crippen molar-refractivity contribution < 1.29 is 45.3 Å². The SMILES string of the molecule is CC[S+]([O-])C(C)C(=O)Nc1c(F)ccc(NC(=O)c2cc(NC(=O)[C@H]3[C@H](c4ccc(F)c(C(F)(F)F)c4)C3(Cl)Cl)ccc2Cl)c1F. The summed E-state index contributed by atoms with van der Waals surface area (Å²) in [6.07, 6.45) is -5.00. The Morgan fingerprint density at radius 2 is 1.63 bits per heavy atom. The Kier molecular flexibility index (Phi) is 10.5. The van der Waals surface area contributed by atoms with Gasteiger partial charge < -0.3 is 20.5 Å². The maximum absolute atomic E-state index is 15.2. The van der Waals surface area contributed by atoms with E-state index in [0.29, 0.717) is 12.1 Å². The number of amides is 3. The molecule has 17 heteroatoms. The van der Waals surface area contributed by atoms with E-state index < -0.39 is 90.9 Å². The quantitative estimate of drug-likeness (QED) is 0.120. The van der Waals surface area contributed by atoms with Crippen LogP contribution in [0.15, 0.2) is 48.5 Å². The van der Waals surface area contributed by atoms with Crippen LogP contribution in [0.25, 0.3) is 0 Å².